The van der Waals surface area contributed by atoms with E-state index in [1.165, 1.54) is 0 Å². The normalized spacial score (nSPS) is 13.5. The first-order valence-corrected chi connectivity index (χ1v) is 10.5. The standard InChI is InChI=1S/C26H21N5O2/c1-17-16-23(31(30-17)19-8-4-3-5-9-19)27-24-21-10-6-7-11-22(21)25(28-24)29-26(32)18-12-14-20(33-2)15-13-18/h3-16H,1-2H3,(H,27,28,29,32). The number of aryl methyl sites for hydroxylation is 1. The summed E-state index contributed by atoms with van der Waals surface area (Å²) in [6, 6.07) is 26.4. The van der Waals surface area contributed by atoms with Crippen LogP contribution in [-0.4, -0.2) is 34.5 Å². The number of carbonyl (C=O) groups is 1. The van der Waals surface area contributed by atoms with E-state index in [1.807, 2.05) is 67.6 Å². The molecule has 5 rings (SSSR count). The fourth-order valence-electron chi connectivity index (χ4n) is 3.65. The van der Waals surface area contributed by atoms with E-state index in [4.69, 9.17) is 9.73 Å². The van der Waals surface area contributed by atoms with Gasteiger partial charge in [-0.05, 0) is 43.3 Å². The third kappa shape index (κ3) is 4.04. The predicted molar refractivity (Wildman–Crippen MR) is 128 cm³/mol. The lowest BCUT2D eigenvalue weighted by atomic mass is 10.1. The summed E-state index contributed by atoms with van der Waals surface area (Å²) < 4.78 is 6.95. The molecule has 0 bridgehead atoms. The van der Waals surface area contributed by atoms with Crippen molar-refractivity contribution in [2.45, 2.75) is 6.92 Å². The number of methoxy groups -OCH3 is 1. The Kier molecular flexibility index (Phi) is 5.28. The molecule has 1 aliphatic rings. The van der Waals surface area contributed by atoms with Crippen LogP contribution in [0.1, 0.15) is 27.2 Å². The van der Waals surface area contributed by atoms with Gasteiger partial charge in [0.1, 0.15) is 11.6 Å². The van der Waals surface area contributed by atoms with Gasteiger partial charge in [-0.3, -0.25) is 4.79 Å². The number of aromatic nitrogens is 2. The molecule has 0 radical (unpaired) electrons. The zero-order chi connectivity index (χ0) is 22.8. The first-order valence-electron chi connectivity index (χ1n) is 10.5. The van der Waals surface area contributed by atoms with Crippen molar-refractivity contribution >= 4 is 23.4 Å². The van der Waals surface area contributed by atoms with E-state index in [2.05, 4.69) is 15.4 Å². The average molecular weight is 435 g/mol. The maximum absolute atomic E-state index is 12.8. The summed E-state index contributed by atoms with van der Waals surface area (Å²) in [6.07, 6.45) is 0. The number of aliphatic imine (C=N–C) groups is 2. The van der Waals surface area contributed by atoms with E-state index in [9.17, 15) is 4.79 Å². The molecule has 2 heterocycles. The fraction of sp³-hybridized carbons (Fsp3) is 0.0769. The van der Waals surface area contributed by atoms with Crippen molar-refractivity contribution in [2.24, 2.45) is 9.98 Å². The molecule has 4 aromatic rings. The van der Waals surface area contributed by atoms with Gasteiger partial charge in [0.25, 0.3) is 5.91 Å². The molecule has 33 heavy (non-hydrogen) atoms. The van der Waals surface area contributed by atoms with Crippen LogP contribution in [0.4, 0.5) is 5.82 Å². The van der Waals surface area contributed by atoms with Crippen LogP contribution in [0.15, 0.2) is 94.9 Å². The zero-order valence-electron chi connectivity index (χ0n) is 18.2. The van der Waals surface area contributed by atoms with Crippen LogP contribution in [-0.2, 0) is 0 Å². The lowest BCUT2D eigenvalue weighted by Gasteiger charge is -2.06. The number of amidine groups is 2. The number of ether oxygens (including phenoxy) is 1. The molecule has 1 aromatic heterocycles. The summed E-state index contributed by atoms with van der Waals surface area (Å²) in [5.74, 6) is 2.09. The molecule has 0 saturated carbocycles. The molecule has 1 aliphatic heterocycles. The molecule has 3 aromatic carbocycles. The van der Waals surface area contributed by atoms with Gasteiger partial charge in [0.05, 0.1) is 18.5 Å². The fourth-order valence-corrected chi connectivity index (χ4v) is 3.65. The largest absolute Gasteiger partial charge is 0.497 e. The number of rotatable bonds is 4. The maximum Gasteiger partial charge on any atom is 0.256 e. The summed E-state index contributed by atoms with van der Waals surface area (Å²) in [5, 5.41) is 7.50. The van der Waals surface area contributed by atoms with Gasteiger partial charge in [0, 0.05) is 22.8 Å². The molecule has 0 aliphatic carbocycles. The van der Waals surface area contributed by atoms with Crippen molar-refractivity contribution in [3.8, 4) is 11.4 Å². The van der Waals surface area contributed by atoms with Crippen molar-refractivity contribution in [2.75, 3.05) is 7.11 Å². The van der Waals surface area contributed by atoms with Crippen LogP contribution in [0.25, 0.3) is 5.69 Å². The molecule has 7 heteroatoms. The van der Waals surface area contributed by atoms with Crippen molar-refractivity contribution in [3.05, 3.63) is 107 Å². The molecular weight excluding hydrogens is 414 g/mol. The third-order valence-electron chi connectivity index (χ3n) is 5.26. The number of hydrogen-bond donors (Lipinski definition) is 1. The van der Waals surface area contributed by atoms with Gasteiger partial charge in [-0.2, -0.15) is 5.10 Å². The number of hydrogen-bond acceptors (Lipinski definition) is 4. The minimum absolute atomic E-state index is 0.252. The van der Waals surface area contributed by atoms with E-state index in [0.717, 1.165) is 22.5 Å². The monoisotopic (exact) mass is 435 g/mol. The quantitative estimate of drug-likeness (QED) is 0.514. The number of nitrogens with zero attached hydrogens (tertiary/aromatic N) is 4. The van der Waals surface area contributed by atoms with E-state index in [1.54, 1.807) is 36.1 Å². The highest BCUT2D eigenvalue weighted by atomic mass is 16.5. The summed E-state index contributed by atoms with van der Waals surface area (Å²) >= 11 is 0. The molecule has 1 amide bonds. The predicted octanol–water partition coefficient (Wildman–Crippen LogP) is 4.46. The maximum atomic E-state index is 12.8. The van der Waals surface area contributed by atoms with Crippen LogP contribution < -0.4 is 10.1 Å². The Morgan fingerprint density at radius 3 is 2.36 bits per heavy atom. The molecule has 1 N–H and O–H groups in total. The Bertz CT molecular complexity index is 1390. The number of fused-ring (bicyclic) bond motifs is 1. The van der Waals surface area contributed by atoms with Crippen LogP contribution in [0.3, 0.4) is 0 Å². The number of amides is 1. The number of nitrogens with one attached hydrogen (secondary N) is 1. The Morgan fingerprint density at radius 2 is 1.64 bits per heavy atom. The van der Waals surface area contributed by atoms with Gasteiger partial charge < -0.3 is 10.1 Å². The summed E-state index contributed by atoms with van der Waals surface area (Å²) in [5.41, 5.74) is 3.94. The Labute approximate surface area is 191 Å². The summed E-state index contributed by atoms with van der Waals surface area (Å²) in [4.78, 5) is 22.3. The second kappa shape index (κ2) is 8.55. The molecule has 0 atom stereocenters. The molecule has 0 spiro atoms. The van der Waals surface area contributed by atoms with Crippen molar-refractivity contribution < 1.29 is 9.53 Å². The van der Waals surface area contributed by atoms with E-state index in [-0.39, 0.29) is 5.91 Å². The minimum Gasteiger partial charge on any atom is -0.497 e. The minimum atomic E-state index is -0.252. The Balaban J connectivity index is 1.50. The van der Waals surface area contributed by atoms with Gasteiger partial charge in [-0.1, -0.05) is 42.5 Å². The van der Waals surface area contributed by atoms with Crippen molar-refractivity contribution in [3.63, 3.8) is 0 Å². The second-order valence-corrected chi connectivity index (χ2v) is 7.52. The highest BCUT2D eigenvalue weighted by Crippen LogP contribution is 2.25. The van der Waals surface area contributed by atoms with Crippen LogP contribution in [0, 0.1) is 6.92 Å². The SMILES string of the molecule is COc1ccc(C(=O)NC2=NC(=Nc3cc(C)nn3-c3ccccc3)c3ccccc32)cc1. The van der Waals surface area contributed by atoms with Gasteiger partial charge in [0.2, 0.25) is 0 Å². The van der Waals surface area contributed by atoms with Crippen molar-refractivity contribution in [1.82, 2.24) is 15.1 Å². The van der Waals surface area contributed by atoms with Gasteiger partial charge >= 0.3 is 0 Å². The lowest BCUT2D eigenvalue weighted by molar-refractivity contribution is 0.0977. The van der Waals surface area contributed by atoms with Crippen LogP contribution in [0.5, 0.6) is 5.75 Å². The first-order chi connectivity index (χ1) is 16.1. The Hall–Kier alpha value is -4.52. The summed E-state index contributed by atoms with van der Waals surface area (Å²) in [6.45, 7) is 1.93. The number of para-hydroxylation sites is 1. The number of carbonyl (C=O) groups excluding carboxylic acids is 1. The smallest absolute Gasteiger partial charge is 0.256 e. The highest BCUT2D eigenvalue weighted by molar-refractivity contribution is 6.26. The molecule has 0 unspecified atom stereocenters. The van der Waals surface area contributed by atoms with E-state index < -0.39 is 0 Å². The van der Waals surface area contributed by atoms with Gasteiger partial charge in [-0.15, -0.1) is 0 Å². The first kappa shape index (κ1) is 20.4. The molecule has 0 saturated heterocycles. The molecule has 0 fully saturated rings. The van der Waals surface area contributed by atoms with Crippen LogP contribution >= 0.6 is 0 Å². The zero-order valence-corrected chi connectivity index (χ0v) is 18.2. The molecule has 7 nitrogen and oxygen atoms in total. The average Bonchev–Trinajstić information content (AvgIpc) is 3.40. The molecule has 162 valence electrons. The Morgan fingerprint density at radius 1 is 0.939 bits per heavy atom. The topological polar surface area (TPSA) is 80.9 Å². The number of benzene rings is 3. The van der Waals surface area contributed by atoms with E-state index in [0.29, 0.717) is 28.8 Å². The molecular formula is C26H21N5O2. The van der Waals surface area contributed by atoms with Gasteiger partial charge in [0.15, 0.2) is 11.7 Å². The third-order valence-corrected chi connectivity index (χ3v) is 5.26. The van der Waals surface area contributed by atoms with Crippen LogP contribution in [0.2, 0.25) is 0 Å². The van der Waals surface area contributed by atoms with Gasteiger partial charge in [-0.25, -0.2) is 14.7 Å². The van der Waals surface area contributed by atoms with Crippen molar-refractivity contribution in [1.29, 1.82) is 0 Å². The van der Waals surface area contributed by atoms with E-state index >= 15 is 0 Å². The second-order valence-electron chi connectivity index (χ2n) is 7.52. The highest BCUT2D eigenvalue weighted by Gasteiger charge is 2.24. The lowest BCUT2D eigenvalue weighted by Crippen LogP contribution is -2.30. The summed E-state index contributed by atoms with van der Waals surface area (Å²) in [7, 11) is 1.59.